The summed E-state index contributed by atoms with van der Waals surface area (Å²) in [5.41, 5.74) is 11.5. The zero-order valence-electron chi connectivity index (χ0n) is 9.78. The molecular weight excluding hydrogens is 252 g/mol. The Bertz CT molecular complexity index is 644. The summed E-state index contributed by atoms with van der Waals surface area (Å²) >= 11 is 0. The zero-order chi connectivity index (χ0) is 14.0. The molecule has 0 heterocycles. The highest BCUT2D eigenvalue weighted by Crippen LogP contribution is 2.28. The predicted molar refractivity (Wildman–Crippen MR) is 69.0 cm³/mol. The van der Waals surface area contributed by atoms with Crippen molar-refractivity contribution in [1.29, 1.82) is 0 Å². The Kier molecular flexibility index (Phi) is 3.33. The van der Waals surface area contributed by atoms with Crippen molar-refractivity contribution in [1.82, 2.24) is 0 Å². The Morgan fingerprint density at radius 2 is 1.89 bits per heavy atom. The number of hydrogen-bond donors (Lipinski definition) is 3. The van der Waals surface area contributed by atoms with Crippen LogP contribution in [0, 0.1) is 11.6 Å². The van der Waals surface area contributed by atoms with Gasteiger partial charge in [0.15, 0.2) is 0 Å². The average molecular weight is 263 g/mol. The summed E-state index contributed by atoms with van der Waals surface area (Å²) in [6, 6.07) is 7.59. The highest BCUT2D eigenvalue weighted by atomic mass is 19.1. The Balaban J connectivity index is 2.46. The third kappa shape index (κ3) is 2.62. The third-order valence-corrected chi connectivity index (χ3v) is 2.55. The molecule has 0 saturated carbocycles. The number of nitrogens with one attached hydrogen (secondary N) is 1. The van der Waals surface area contributed by atoms with E-state index in [-0.39, 0.29) is 22.6 Å². The maximum absolute atomic E-state index is 13.5. The van der Waals surface area contributed by atoms with Crippen LogP contribution in [0.2, 0.25) is 0 Å². The van der Waals surface area contributed by atoms with Gasteiger partial charge in [-0.05, 0) is 24.3 Å². The Morgan fingerprint density at radius 1 is 1.16 bits per heavy atom. The van der Waals surface area contributed by atoms with Crippen molar-refractivity contribution < 1.29 is 13.6 Å². The molecule has 0 bridgehead atoms. The van der Waals surface area contributed by atoms with Crippen molar-refractivity contribution in [2.24, 2.45) is 5.73 Å². The van der Waals surface area contributed by atoms with Gasteiger partial charge >= 0.3 is 0 Å². The number of para-hydroxylation sites is 1. The van der Waals surface area contributed by atoms with E-state index in [1.807, 2.05) is 0 Å². The lowest BCUT2D eigenvalue weighted by molar-refractivity contribution is 0.100. The monoisotopic (exact) mass is 263 g/mol. The van der Waals surface area contributed by atoms with Crippen LogP contribution in [-0.2, 0) is 0 Å². The van der Waals surface area contributed by atoms with Crippen LogP contribution in [0.15, 0.2) is 36.4 Å². The number of carbonyl (C=O) groups excluding carboxylic acids is 1. The molecule has 98 valence electrons. The van der Waals surface area contributed by atoms with Crippen LogP contribution >= 0.6 is 0 Å². The fraction of sp³-hybridized carbons (Fsp3) is 0. The minimum absolute atomic E-state index is 0.00167. The lowest BCUT2D eigenvalue weighted by Crippen LogP contribution is -2.14. The summed E-state index contributed by atoms with van der Waals surface area (Å²) in [5, 5.41) is 2.65. The minimum atomic E-state index is -0.793. The molecule has 2 rings (SSSR count). The molecule has 0 atom stereocenters. The van der Waals surface area contributed by atoms with E-state index < -0.39 is 17.5 Å². The van der Waals surface area contributed by atoms with Crippen LogP contribution in [0.1, 0.15) is 10.4 Å². The van der Waals surface area contributed by atoms with Gasteiger partial charge in [-0.25, -0.2) is 8.78 Å². The minimum Gasteiger partial charge on any atom is -0.397 e. The second-order valence-electron chi connectivity index (χ2n) is 3.88. The number of anilines is 3. The van der Waals surface area contributed by atoms with Crippen LogP contribution in [0.5, 0.6) is 0 Å². The molecular formula is C13H11F2N3O. The van der Waals surface area contributed by atoms with Gasteiger partial charge in [0, 0.05) is 6.07 Å². The van der Waals surface area contributed by atoms with Gasteiger partial charge in [-0.15, -0.1) is 0 Å². The summed E-state index contributed by atoms with van der Waals surface area (Å²) < 4.78 is 26.3. The number of primary amides is 1. The molecule has 0 spiro atoms. The topological polar surface area (TPSA) is 81.1 Å². The quantitative estimate of drug-likeness (QED) is 0.744. The van der Waals surface area contributed by atoms with Gasteiger partial charge in [-0.2, -0.15) is 0 Å². The van der Waals surface area contributed by atoms with E-state index in [1.54, 1.807) is 6.07 Å². The summed E-state index contributed by atoms with van der Waals surface area (Å²) in [6.45, 7) is 0. The van der Waals surface area contributed by atoms with Crippen LogP contribution < -0.4 is 16.8 Å². The molecule has 0 aromatic heterocycles. The second kappa shape index (κ2) is 4.93. The first kappa shape index (κ1) is 12.8. The summed E-state index contributed by atoms with van der Waals surface area (Å²) in [6.07, 6.45) is 0. The number of amides is 1. The van der Waals surface area contributed by atoms with E-state index in [9.17, 15) is 13.6 Å². The molecule has 5 N–H and O–H groups in total. The number of rotatable bonds is 3. The smallest absolute Gasteiger partial charge is 0.250 e. The van der Waals surface area contributed by atoms with E-state index >= 15 is 0 Å². The molecule has 2 aromatic rings. The van der Waals surface area contributed by atoms with E-state index in [2.05, 4.69) is 5.32 Å². The molecule has 0 unspecified atom stereocenters. The fourth-order valence-electron chi connectivity index (χ4n) is 1.64. The van der Waals surface area contributed by atoms with E-state index in [0.717, 1.165) is 12.1 Å². The first-order chi connectivity index (χ1) is 8.99. The molecule has 0 aliphatic rings. The zero-order valence-corrected chi connectivity index (χ0v) is 9.78. The average Bonchev–Trinajstić information content (AvgIpc) is 2.34. The summed E-state index contributed by atoms with van der Waals surface area (Å²) in [4.78, 5) is 11.3. The first-order valence-corrected chi connectivity index (χ1v) is 5.39. The normalized spacial score (nSPS) is 10.2. The fourth-order valence-corrected chi connectivity index (χ4v) is 1.64. The van der Waals surface area contributed by atoms with Gasteiger partial charge in [-0.3, -0.25) is 4.79 Å². The van der Waals surface area contributed by atoms with Crippen molar-refractivity contribution in [3.8, 4) is 0 Å². The van der Waals surface area contributed by atoms with Gasteiger partial charge in [0.2, 0.25) is 0 Å². The van der Waals surface area contributed by atoms with E-state index in [4.69, 9.17) is 11.5 Å². The lowest BCUT2D eigenvalue weighted by Gasteiger charge is -2.13. The molecule has 6 heteroatoms. The molecule has 4 nitrogen and oxygen atoms in total. The molecule has 0 radical (unpaired) electrons. The highest BCUT2D eigenvalue weighted by Gasteiger charge is 2.13. The molecule has 19 heavy (non-hydrogen) atoms. The second-order valence-corrected chi connectivity index (χ2v) is 3.88. The van der Waals surface area contributed by atoms with E-state index in [1.165, 1.54) is 18.2 Å². The Hall–Kier alpha value is -2.63. The molecule has 0 aliphatic carbocycles. The van der Waals surface area contributed by atoms with Gasteiger partial charge in [0.1, 0.15) is 11.6 Å². The SMILES string of the molecule is NC(=O)c1cccc(N)c1Nc1ccc(F)cc1F. The van der Waals surface area contributed by atoms with Crippen LogP contribution in [0.4, 0.5) is 25.8 Å². The Morgan fingerprint density at radius 3 is 2.53 bits per heavy atom. The van der Waals surface area contributed by atoms with Crippen molar-refractivity contribution >= 4 is 23.0 Å². The van der Waals surface area contributed by atoms with Crippen LogP contribution in [0.25, 0.3) is 0 Å². The Labute approximate surface area is 108 Å². The van der Waals surface area contributed by atoms with Crippen molar-refractivity contribution in [3.05, 3.63) is 53.6 Å². The maximum atomic E-state index is 13.5. The summed E-state index contributed by atoms with van der Waals surface area (Å²) in [5.74, 6) is -2.18. The number of benzene rings is 2. The number of carbonyl (C=O) groups is 1. The van der Waals surface area contributed by atoms with Crippen LogP contribution in [0.3, 0.4) is 0 Å². The third-order valence-electron chi connectivity index (χ3n) is 2.55. The van der Waals surface area contributed by atoms with Gasteiger partial charge in [0.25, 0.3) is 5.91 Å². The van der Waals surface area contributed by atoms with E-state index in [0.29, 0.717) is 0 Å². The van der Waals surface area contributed by atoms with Crippen molar-refractivity contribution in [2.45, 2.75) is 0 Å². The number of halogens is 2. The molecule has 0 saturated heterocycles. The molecule has 1 amide bonds. The number of hydrogen-bond acceptors (Lipinski definition) is 3. The first-order valence-electron chi connectivity index (χ1n) is 5.39. The van der Waals surface area contributed by atoms with Gasteiger partial charge in [-0.1, -0.05) is 6.07 Å². The largest absolute Gasteiger partial charge is 0.397 e. The highest BCUT2D eigenvalue weighted by molar-refractivity contribution is 6.02. The lowest BCUT2D eigenvalue weighted by atomic mass is 10.1. The van der Waals surface area contributed by atoms with Gasteiger partial charge < -0.3 is 16.8 Å². The number of nitrogen functional groups attached to an aromatic ring is 1. The maximum Gasteiger partial charge on any atom is 0.250 e. The molecule has 2 aromatic carbocycles. The van der Waals surface area contributed by atoms with Crippen molar-refractivity contribution in [2.75, 3.05) is 11.1 Å². The molecule has 0 fully saturated rings. The predicted octanol–water partition coefficient (Wildman–Crippen LogP) is 2.39. The van der Waals surface area contributed by atoms with Gasteiger partial charge in [0.05, 0.1) is 22.6 Å². The van der Waals surface area contributed by atoms with Crippen molar-refractivity contribution in [3.63, 3.8) is 0 Å². The standard InChI is InChI=1S/C13H11F2N3O/c14-7-4-5-11(9(15)6-7)18-12-8(13(17)19)2-1-3-10(12)16/h1-6,18H,16H2,(H2,17,19). The summed E-state index contributed by atoms with van der Waals surface area (Å²) in [7, 11) is 0. The molecule has 0 aliphatic heterocycles. The number of nitrogens with two attached hydrogens (primary N) is 2. The van der Waals surface area contributed by atoms with Crippen LogP contribution in [-0.4, -0.2) is 5.91 Å².